The quantitative estimate of drug-likeness (QED) is 0.247. The standard InChI is InChI=1S/C24H16F4N4O2S/c25-14-3-6-16-18(10-14)32(23(34)12-1-4-15(29)5-2-12)8-7-13-9-19(35-22(13)16)21(33)17-11-20(31-30-17)24(26,27)28/h1-6,9-11H,7-8,29H2,(H,30,31)/p+1. The van der Waals surface area contributed by atoms with Gasteiger partial charge in [0.05, 0.1) is 10.6 Å². The Kier molecular flexibility index (Phi) is 5.53. The molecule has 0 bridgehead atoms. The van der Waals surface area contributed by atoms with E-state index in [9.17, 15) is 27.2 Å². The fraction of sp³-hybridized carbons (Fsp3) is 0.125. The molecule has 0 fully saturated rings. The summed E-state index contributed by atoms with van der Waals surface area (Å²) in [6.45, 7) is 0.215. The monoisotopic (exact) mass is 501 g/mol. The van der Waals surface area contributed by atoms with E-state index in [0.717, 1.165) is 28.4 Å². The largest absolute Gasteiger partial charge is 0.438 e. The Balaban J connectivity index is 1.51. The summed E-state index contributed by atoms with van der Waals surface area (Å²) in [4.78, 5) is 28.6. The number of alkyl halides is 3. The number of anilines is 2. The van der Waals surface area contributed by atoms with Crippen molar-refractivity contribution in [3.05, 3.63) is 82.1 Å². The molecule has 0 saturated heterocycles. The van der Waals surface area contributed by atoms with Gasteiger partial charge in [-0.3, -0.25) is 9.59 Å². The first-order valence-corrected chi connectivity index (χ1v) is 11.3. The van der Waals surface area contributed by atoms with Crippen LogP contribution in [0.15, 0.2) is 65.4 Å². The van der Waals surface area contributed by atoms with Crippen LogP contribution in [-0.2, 0) is 6.42 Å². The summed E-state index contributed by atoms with van der Waals surface area (Å²) in [6.07, 6.45) is -3.55. The number of allylic oxidation sites excluding steroid dienone is 2. The Morgan fingerprint density at radius 3 is 2.51 bits per heavy atom. The Bertz CT molecular complexity index is 1420. The van der Waals surface area contributed by atoms with Gasteiger partial charge >= 0.3 is 6.18 Å². The smallest absolute Gasteiger partial charge is 0.399 e. The van der Waals surface area contributed by atoms with Crippen LogP contribution < -0.4 is 16.1 Å². The summed E-state index contributed by atoms with van der Waals surface area (Å²) in [5.41, 5.74) is 7.88. The van der Waals surface area contributed by atoms with Crippen molar-refractivity contribution in [3.8, 4) is 10.4 Å². The summed E-state index contributed by atoms with van der Waals surface area (Å²) < 4.78 is 52.9. The van der Waals surface area contributed by atoms with Crippen LogP contribution in [0.3, 0.4) is 0 Å². The maximum absolute atomic E-state index is 14.2. The molecular formula is C24H17F4N4O2S+. The molecule has 3 aromatic rings. The van der Waals surface area contributed by atoms with E-state index in [1.165, 1.54) is 23.1 Å². The molecule has 6 nitrogen and oxygen atoms in total. The van der Waals surface area contributed by atoms with E-state index in [1.54, 1.807) is 30.3 Å². The molecule has 2 aromatic carbocycles. The van der Waals surface area contributed by atoms with Crippen LogP contribution in [0.4, 0.5) is 28.9 Å². The van der Waals surface area contributed by atoms with Crippen molar-refractivity contribution in [2.45, 2.75) is 12.6 Å². The van der Waals surface area contributed by atoms with E-state index in [-0.39, 0.29) is 23.0 Å². The lowest BCUT2D eigenvalue weighted by atomic mass is 10.1. The van der Waals surface area contributed by atoms with Crippen LogP contribution in [0.25, 0.3) is 10.4 Å². The lowest BCUT2D eigenvalue weighted by molar-refractivity contribution is -0.602. The summed E-state index contributed by atoms with van der Waals surface area (Å²) in [7, 11) is 0. The first-order valence-electron chi connectivity index (χ1n) is 10.5. The minimum absolute atomic E-state index is 0.159. The highest BCUT2D eigenvalue weighted by atomic mass is 32.1. The highest BCUT2D eigenvalue weighted by Gasteiger charge is 2.41. The van der Waals surface area contributed by atoms with Crippen LogP contribution in [0.1, 0.15) is 25.6 Å². The van der Waals surface area contributed by atoms with Gasteiger partial charge in [0, 0.05) is 34.3 Å². The maximum Gasteiger partial charge on any atom is 0.438 e. The third kappa shape index (κ3) is 4.24. The molecule has 2 aliphatic heterocycles. The number of nitrogens with two attached hydrogens (primary N) is 2. The number of carbonyl (C=O) groups excluding carboxylic acids is 2. The van der Waals surface area contributed by atoms with Crippen LogP contribution in [0.5, 0.6) is 0 Å². The first-order chi connectivity index (χ1) is 16.6. The third-order valence-corrected chi connectivity index (χ3v) is 6.93. The highest BCUT2D eigenvalue weighted by molar-refractivity contribution is 7.17. The number of amides is 1. The lowest BCUT2D eigenvalue weighted by Gasteiger charge is -2.23. The molecule has 4 N–H and O–H groups in total. The van der Waals surface area contributed by atoms with Gasteiger partial charge in [-0.05, 0) is 60.5 Å². The molecule has 2 aliphatic rings. The predicted molar refractivity (Wildman–Crippen MR) is 124 cm³/mol. The number of halogens is 4. The number of nitrogens with zero attached hydrogens (tertiary/aromatic N) is 2. The van der Waals surface area contributed by atoms with Crippen molar-refractivity contribution >= 4 is 40.1 Å². The van der Waals surface area contributed by atoms with Crippen molar-refractivity contribution in [3.63, 3.8) is 0 Å². The van der Waals surface area contributed by atoms with Crippen molar-refractivity contribution in [2.24, 2.45) is 5.10 Å². The topological polar surface area (TPSA) is 92.4 Å². The first kappa shape index (κ1) is 22.9. The Morgan fingerprint density at radius 1 is 1.09 bits per heavy atom. The molecule has 0 aliphatic carbocycles. The number of nitrogen functional groups attached to an aromatic ring is 1. The number of benzene rings is 2. The molecule has 0 saturated carbocycles. The molecule has 0 atom stereocenters. The Hall–Kier alpha value is -3.83. The fourth-order valence-electron chi connectivity index (χ4n) is 4.00. The van der Waals surface area contributed by atoms with E-state index in [2.05, 4.69) is 5.10 Å². The lowest BCUT2D eigenvalue weighted by Crippen LogP contribution is -2.75. The second kappa shape index (κ2) is 8.43. The zero-order valence-electron chi connectivity index (χ0n) is 17.9. The third-order valence-electron chi connectivity index (χ3n) is 5.72. The summed E-state index contributed by atoms with van der Waals surface area (Å²) in [5.74, 6) is -1.44. The normalized spacial score (nSPS) is 15.1. The van der Waals surface area contributed by atoms with Gasteiger partial charge in [-0.2, -0.15) is 18.6 Å². The van der Waals surface area contributed by atoms with E-state index < -0.39 is 23.5 Å². The second-order valence-electron chi connectivity index (χ2n) is 8.03. The number of Topliss-reactive ketones (excluding diaryl/α,β-unsaturated/α-hetero) is 1. The Morgan fingerprint density at radius 2 is 1.83 bits per heavy atom. The predicted octanol–water partition coefficient (Wildman–Crippen LogP) is 3.90. The highest BCUT2D eigenvalue weighted by Crippen LogP contribution is 2.42. The van der Waals surface area contributed by atoms with E-state index in [1.807, 2.05) is 0 Å². The fourth-order valence-corrected chi connectivity index (χ4v) is 5.21. The number of ketones is 1. The average molecular weight is 501 g/mol. The van der Waals surface area contributed by atoms with Gasteiger partial charge in [0.15, 0.2) is 0 Å². The summed E-state index contributed by atoms with van der Waals surface area (Å²) in [5, 5.41) is 3.31. The van der Waals surface area contributed by atoms with E-state index in [0.29, 0.717) is 33.8 Å². The number of rotatable bonds is 3. The summed E-state index contributed by atoms with van der Waals surface area (Å²) in [6, 6.07) is 12.1. The van der Waals surface area contributed by atoms with Gasteiger partial charge in [-0.15, -0.1) is 11.3 Å². The van der Waals surface area contributed by atoms with Crippen LogP contribution in [0.2, 0.25) is 0 Å². The van der Waals surface area contributed by atoms with E-state index >= 15 is 0 Å². The number of hydrogen-bond acceptors (Lipinski definition) is 5. The molecule has 5 rings (SSSR count). The van der Waals surface area contributed by atoms with Gasteiger partial charge in [-0.25, -0.2) is 4.39 Å². The van der Waals surface area contributed by atoms with Gasteiger partial charge < -0.3 is 10.6 Å². The number of hydrogen-bond donors (Lipinski definition) is 2. The molecule has 1 aromatic heterocycles. The zero-order chi connectivity index (χ0) is 24.9. The average Bonchev–Trinajstić information content (AvgIpc) is 3.45. The molecule has 35 heavy (non-hydrogen) atoms. The molecule has 0 unspecified atom stereocenters. The van der Waals surface area contributed by atoms with Crippen molar-refractivity contribution in [1.29, 1.82) is 0 Å². The minimum Gasteiger partial charge on any atom is -0.399 e. The molecule has 0 spiro atoms. The molecule has 1 amide bonds. The number of thiophene rings is 1. The molecule has 178 valence electrons. The van der Waals surface area contributed by atoms with E-state index in [4.69, 9.17) is 5.73 Å². The summed E-state index contributed by atoms with van der Waals surface area (Å²) >= 11 is 1.09. The van der Waals surface area contributed by atoms with Crippen LogP contribution in [0, 0.1) is 5.82 Å². The number of quaternary nitrogens is 1. The van der Waals surface area contributed by atoms with Crippen molar-refractivity contribution in [1.82, 2.24) is 0 Å². The van der Waals surface area contributed by atoms with Crippen LogP contribution in [-0.4, -0.2) is 30.1 Å². The number of carbonyl (C=O) groups is 2. The van der Waals surface area contributed by atoms with Gasteiger partial charge in [0.25, 0.3) is 11.7 Å². The number of fused-ring (bicyclic) bond motifs is 3. The zero-order valence-corrected chi connectivity index (χ0v) is 18.7. The van der Waals surface area contributed by atoms with Gasteiger partial charge in [-0.1, -0.05) is 5.10 Å². The van der Waals surface area contributed by atoms with Crippen molar-refractivity contribution in [2.75, 3.05) is 17.2 Å². The molecular weight excluding hydrogens is 484 g/mol. The molecule has 0 radical (unpaired) electrons. The second-order valence-corrected chi connectivity index (χ2v) is 9.08. The van der Waals surface area contributed by atoms with Crippen LogP contribution >= 0.6 is 11.3 Å². The van der Waals surface area contributed by atoms with Gasteiger partial charge in [0.2, 0.25) is 11.4 Å². The van der Waals surface area contributed by atoms with Gasteiger partial charge in [0.1, 0.15) is 5.82 Å². The molecule has 11 heteroatoms. The SMILES string of the molecule is Nc1ccc(C(=O)N2CCc3cc(C(=O)C4=CC(C(F)(F)F)=N[NH2+]4)sc3-c3ccc(F)cc32)cc1. The molecule has 3 heterocycles. The minimum atomic E-state index is -4.64. The maximum atomic E-state index is 14.2. The van der Waals surface area contributed by atoms with Crippen molar-refractivity contribution < 1.29 is 32.6 Å². The Labute approximate surface area is 200 Å².